The minimum absolute atomic E-state index is 0. The third kappa shape index (κ3) is 12.4. The van der Waals surface area contributed by atoms with Crippen molar-refractivity contribution in [2.45, 2.75) is 93.7 Å². The monoisotopic (exact) mass is 1130 g/mol. The fourth-order valence-electron chi connectivity index (χ4n) is 12.0. The number of aliphatic hydroxyl groups is 1. The van der Waals surface area contributed by atoms with Crippen molar-refractivity contribution >= 4 is 66.5 Å². The number of carboxylic acid groups (broad SMARTS) is 4. The van der Waals surface area contributed by atoms with Gasteiger partial charge in [-0.2, -0.15) is 13.2 Å². The van der Waals surface area contributed by atoms with E-state index < -0.39 is 47.2 Å². The maximum absolute atomic E-state index is 13.3. The van der Waals surface area contributed by atoms with E-state index in [2.05, 4.69) is 39.0 Å². The Balaban J connectivity index is 0.000000910. The number of halogens is 3. The standard InChI is InChI=1S/C48H65N7O10.C2HF3O2.In/c56-37-12-11-33-25-38-48(64)26-35-34-7-3-4-8-36(34)55(44(35)46-47(48,43(33)45(37)65-46)13-16-54(38)27-32-9-10-32)15-6-2-1-5-14-49-39(57)28-50-17-19-51(29-40(58)59)21-23-53(31-42(62)63)24-22-52(20-18-50)30-41(60)61;3-2(4,5)1(6)7;/h3-4,7-8,11-12,32,38,46,56,64H,1-2,5-6,9-10,13-31H2,(H,49,57)(H,58,59)(H,60,61)(H,62,63);(H,6,7);/q;;+3/p-3/t38-,46+,47+,48-;;/m1../s1. The first-order valence-corrected chi connectivity index (χ1v) is 24.9. The molecule has 0 unspecified atom stereocenters. The Labute approximate surface area is 439 Å². The van der Waals surface area contributed by atoms with E-state index in [9.17, 15) is 57.9 Å². The van der Waals surface area contributed by atoms with Gasteiger partial charge in [-0.1, -0.05) is 37.1 Å². The fourth-order valence-corrected chi connectivity index (χ4v) is 12.0. The molecule has 23 heteroatoms. The number of rotatable bonds is 17. The van der Waals surface area contributed by atoms with E-state index in [0.717, 1.165) is 85.9 Å². The number of amides is 1. The Morgan fingerprint density at radius 1 is 0.767 bits per heavy atom. The van der Waals surface area contributed by atoms with Gasteiger partial charge < -0.3 is 59.6 Å². The van der Waals surface area contributed by atoms with Gasteiger partial charge in [-0.05, 0) is 74.2 Å². The predicted molar refractivity (Wildman–Crippen MR) is 252 cm³/mol. The summed E-state index contributed by atoms with van der Waals surface area (Å²) >= 11 is 0. The molecule has 4 N–H and O–H groups in total. The maximum atomic E-state index is 13.3. The molecule has 2 saturated heterocycles. The van der Waals surface area contributed by atoms with Crippen molar-refractivity contribution in [3.63, 3.8) is 0 Å². The van der Waals surface area contributed by atoms with E-state index in [0.29, 0.717) is 37.7 Å². The summed E-state index contributed by atoms with van der Waals surface area (Å²) in [5.74, 6) is -5.38. The van der Waals surface area contributed by atoms with Gasteiger partial charge in [-0.15, -0.1) is 0 Å². The quantitative estimate of drug-likeness (QED) is 0.112. The summed E-state index contributed by atoms with van der Waals surface area (Å²) in [6, 6.07) is 12.2. The average molecular weight is 1130 g/mol. The minimum atomic E-state index is -5.08. The molecular formula is C50H63F3InN7O12. The first kappa shape index (κ1) is 56.1. The van der Waals surface area contributed by atoms with E-state index in [1.54, 1.807) is 20.8 Å². The van der Waals surface area contributed by atoms with Crippen LogP contribution in [-0.2, 0) is 48.8 Å². The van der Waals surface area contributed by atoms with Gasteiger partial charge in [0, 0.05) is 121 Å². The predicted octanol–water partition coefficient (Wildman–Crippen LogP) is -1.55. The molecule has 1 saturated carbocycles. The van der Waals surface area contributed by atoms with Crippen LogP contribution in [0, 0.1) is 5.92 Å². The third-order valence-corrected chi connectivity index (χ3v) is 15.6. The Bertz CT molecular complexity index is 2480. The zero-order chi connectivity index (χ0) is 51.5. The topological polar surface area (TPSA) is 258 Å². The number of para-hydroxylation sites is 1. The number of aryl methyl sites for hydroxylation is 1. The van der Waals surface area contributed by atoms with Crippen LogP contribution in [0.1, 0.15) is 73.4 Å². The van der Waals surface area contributed by atoms with Gasteiger partial charge in [-0.3, -0.25) is 29.3 Å². The van der Waals surface area contributed by atoms with Crippen molar-refractivity contribution in [2.24, 2.45) is 5.92 Å². The number of carboxylic acids is 4. The van der Waals surface area contributed by atoms with E-state index in [1.165, 1.54) is 18.4 Å². The van der Waals surface area contributed by atoms with Crippen LogP contribution in [0.4, 0.5) is 13.2 Å². The summed E-state index contributed by atoms with van der Waals surface area (Å²) in [5, 5.41) is 70.3. The Kier molecular flexibility index (Phi) is 18.0. The zero-order valence-corrected chi connectivity index (χ0v) is 44.1. The van der Waals surface area contributed by atoms with Crippen LogP contribution in [-0.4, -0.2) is 216 Å². The maximum Gasteiger partial charge on any atom is 3.00 e. The first-order valence-electron chi connectivity index (χ1n) is 24.9. The van der Waals surface area contributed by atoms with Crippen LogP contribution in [0.5, 0.6) is 11.5 Å². The molecule has 73 heavy (non-hydrogen) atoms. The van der Waals surface area contributed by atoms with E-state index >= 15 is 0 Å². The molecule has 19 nitrogen and oxygen atoms in total. The van der Waals surface area contributed by atoms with Crippen molar-refractivity contribution in [2.75, 3.05) is 98.2 Å². The van der Waals surface area contributed by atoms with Gasteiger partial charge in [0.2, 0.25) is 5.91 Å². The molecular weight excluding hydrogens is 1060 g/mol. The Hall–Kier alpha value is -4.65. The molecule has 1 spiro atoms. The SMILES string of the molecule is O=C(O)C(F)(F)F.O=C([O-])CN1CCN(CC(=O)[O-])CCN(CC(=O)NCCCCCCn2c3c(c4ccccc42)C[C@@]2(O)[C@H]4Cc5ccc(O)c6c5[C@@]2(CCN4CC2CC2)[C@H]3O6)CCN(CC(=O)[O-])CC1.[In+3]. The molecule has 9 rings (SSSR count). The molecule has 1 amide bonds. The number of phenols is 1. The van der Waals surface area contributed by atoms with Gasteiger partial charge in [0.05, 0.1) is 41.2 Å². The molecule has 3 fully saturated rings. The van der Waals surface area contributed by atoms with Gasteiger partial charge in [0.15, 0.2) is 17.6 Å². The summed E-state index contributed by atoms with van der Waals surface area (Å²) in [4.78, 5) is 65.9. The van der Waals surface area contributed by atoms with Crippen LogP contribution in [0.25, 0.3) is 10.9 Å². The largest absolute Gasteiger partial charge is 3.00 e. The number of aromatic nitrogens is 1. The smallest absolute Gasteiger partial charge is 0.549 e. The number of hydrogen-bond acceptors (Lipinski definition) is 16. The Morgan fingerprint density at radius 3 is 1.86 bits per heavy atom. The number of ether oxygens (including phenoxy) is 1. The molecule has 2 aromatic carbocycles. The van der Waals surface area contributed by atoms with Gasteiger partial charge in [0.1, 0.15) is 0 Å². The number of nitrogens with zero attached hydrogens (tertiary/aromatic N) is 6. The number of piperidine rings is 1. The van der Waals surface area contributed by atoms with Crippen molar-refractivity contribution in [1.82, 2.24) is 34.4 Å². The normalized spacial score (nSPS) is 24.6. The average Bonchev–Trinajstić information content (AvgIpc) is 3.98. The number of alkyl halides is 3. The second kappa shape index (κ2) is 23.5. The molecule has 4 heterocycles. The number of aromatic hydroxyl groups is 1. The van der Waals surface area contributed by atoms with Gasteiger partial charge >= 0.3 is 38.0 Å². The van der Waals surface area contributed by atoms with E-state index in [4.69, 9.17) is 14.6 Å². The zero-order valence-electron chi connectivity index (χ0n) is 40.8. The van der Waals surface area contributed by atoms with Crippen molar-refractivity contribution in [3.05, 3.63) is 58.8 Å². The summed E-state index contributed by atoms with van der Waals surface area (Å²) in [7, 11) is 0. The molecule has 3 aromatic rings. The fraction of sp³-hybridized carbons (Fsp3) is 0.620. The molecule has 2 bridgehead atoms. The van der Waals surface area contributed by atoms with E-state index in [1.807, 2.05) is 11.0 Å². The number of phenolic OH excluding ortho intramolecular Hbond substituents is 1. The summed E-state index contributed by atoms with van der Waals surface area (Å²) in [6.07, 6.45) is 2.53. The molecule has 6 aliphatic rings. The number of carbonyl (C=O) groups is 5. The van der Waals surface area contributed by atoms with Crippen LogP contribution in [0.2, 0.25) is 0 Å². The van der Waals surface area contributed by atoms with Crippen molar-refractivity contribution < 1.29 is 72.5 Å². The van der Waals surface area contributed by atoms with Crippen molar-refractivity contribution in [1.29, 1.82) is 0 Å². The summed E-state index contributed by atoms with van der Waals surface area (Å²) in [5.41, 5.74) is 3.88. The molecule has 394 valence electrons. The summed E-state index contributed by atoms with van der Waals surface area (Å²) < 4.78 is 41.1. The van der Waals surface area contributed by atoms with Crippen LogP contribution < -0.4 is 25.4 Å². The molecule has 1 aromatic heterocycles. The molecule has 3 aliphatic heterocycles. The van der Waals surface area contributed by atoms with Gasteiger partial charge in [0.25, 0.3) is 0 Å². The number of fused-ring (bicyclic) bond motifs is 4. The van der Waals surface area contributed by atoms with Crippen LogP contribution in [0.3, 0.4) is 0 Å². The second-order valence-corrected chi connectivity index (χ2v) is 20.2. The van der Waals surface area contributed by atoms with Crippen LogP contribution in [0.15, 0.2) is 36.4 Å². The molecule has 0 radical (unpaired) electrons. The number of unbranched alkanes of at least 4 members (excludes halogenated alkanes) is 3. The Morgan fingerprint density at radius 2 is 1.32 bits per heavy atom. The van der Waals surface area contributed by atoms with Crippen LogP contribution >= 0.6 is 0 Å². The number of hydrogen-bond donors (Lipinski definition) is 4. The number of benzene rings is 2. The number of likely N-dealkylation sites (tertiary alicyclic amines) is 1. The van der Waals surface area contributed by atoms with E-state index in [-0.39, 0.29) is 109 Å². The number of carbonyl (C=O) groups excluding carboxylic acids is 4. The number of nitrogens with one attached hydrogen (secondary N) is 1. The third-order valence-electron chi connectivity index (χ3n) is 15.6. The van der Waals surface area contributed by atoms with Gasteiger partial charge in [-0.25, -0.2) is 4.79 Å². The molecule has 4 atom stereocenters. The van der Waals surface area contributed by atoms with Crippen molar-refractivity contribution in [3.8, 4) is 11.5 Å². The first-order chi connectivity index (χ1) is 34.3. The second-order valence-electron chi connectivity index (χ2n) is 20.2. The molecule has 3 aliphatic carbocycles. The summed E-state index contributed by atoms with van der Waals surface area (Å²) in [6.45, 7) is 4.29. The minimum Gasteiger partial charge on any atom is -0.549 e. The number of aliphatic carboxylic acids is 4.